The van der Waals surface area contributed by atoms with Gasteiger partial charge in [0.25, 0.3) is 10.0 Å². The van der Waals surface area contributed by atoms with Crippen LogP contribution in [0, 0.1) is 0 Å². The molecule has 8 heteroatoms. The number of carbonyl (C=O) groups excluding carboxylic acids is 1. The minimum Gasteiger partial charge on any atom is -0.497 e. The molecule has 0 saturated heterocycles. The zero-order chi connectivity index (χ0) is 20.0. The van der Waals surface area contributed by atoms with Crippen LogP contribution in [0.1, 0.15) is 0 Å². The highest BCUT2D eigenvalue weighted by Gasteiger charge is 2.27. The van der Waals surface area contributed by atoms with E-state index in [0.717, 1.165) is 4.31 Å². The van der Waals surface area contributed by atoms with Crippen LogP contribution in [0.25, 0.3) is 0 Å². The molecule has 1 amide bonds. The predicted molar refractivity (Wildman–Crippen MR) is 107 cm³/mol. The van der Waals surface area contributed by atoms with Crippen LogP contribution in [0.5, 0.6) is 5.75 Å². The quantitative estimate of drug-likeness (QED) is 0.662. The zero-order valence-electron chi connectivity index (χ0n) is 15.1. The maximum Gasteiger partial charge on any atom is 0.264 e. The Morgan fingerprint density at radius 1 is 1.04 bits per heavy atom. The Hall–Kier alpha value is -3.39. The van der Waals surface area contributed by atoms with E-state index in [1.54, 1.807) is 60.8 Å². The number of anilines is 2. The van der Waals surface area contributed by atoms with Crippen LogP contribution in [0.3, 0.4) is 0 Å². The zero-order valence-corrected chi connectivity index (χ0v) is 16.0. The summed E-state index contributed by atoms with van der Waals surface area (Å²) in [7, 11) is -2.46. The number of para-hydroxylation sites is 1. The highest BCUT2D eigenvalue weighted by molar-refractivity contribution is 7.92. The van der Waals surface area contributed by atoms with E-state index in [4.69, 9.17) is 4.74 Å². The van der Waals surface area contributed by atoms with E-state index in [-0.39, 0.29) is 11.4 Å². The SMILES string of the molecule is COc1ccc(S(=O)(=O)N(CC(=O)Nc2cccnc2)c2ccccc2)cc1. The van der Waals surface area contributed by atoms with Crippen LogP contribution in [-0.2, 0) is 14.8 Å². The second kappa shape index (κ2) is 8.53. The Kier molecular flexibility index (Phi) is 5.90. The Labute approximate surface area is 163 Å². The summed E-state index contributed by atoms with van der Waals surface area (Å²) in [5.41, 5.74) is 0.877. The fourth-order valence-corrected chi connectivity index (χ4v) is 3.97. The van der Waals surface area contributed by atoms with Gasteiger partial charge in [-0.2, -0.15) is 0 Å². The lowest BCUT2D eigenvalue weighted by Gasteiger charge is -2.24. The second-order valence-electron chi connectivity index (χ2n) is 5.81. The number of benzene rings is 2. The number of nitrogens with one attached hydrogen (secondary N) is 1. The predicted octanol–water partition coefficient (Wildman–Crippen LogP) is 2.92. The van der Waals surface area contributed by atoms with Crippen molar-refractivity contribution < 1.29 is 17.9 Å². The summed E-state index contributed by atoms with van der Waals surface area (Å²) in [5, 5.41) is 2.66. The van der Waals surface area contributed by atoms with E-state index in [0.29, 0.717) is 17.1 Å². The number of sulfonamides is 1. The molecule has 0 fully saturated rings. The summed E-state index contributed by atoms with van der Waals surface area (Å²) < 4.78 is 32.6. The van der Waals surface area contributed by atoms with Crippen LogP contribution < -0.4 is 14.4 Å². The first kappa shape index (κ1) is 19.4. The Balaban J connectivity index is 1.91. The molecule has 0 aliphatic rings. The minimum atomic E-state index is -3.97. The lowest BCUT2D eigenvalue weighted by atomic mass is 10.3. The molecule has 1 aromatic heterocycles. The fourth-order valence-electron chi connectivity index (χ4n) is 2.55. The van der Waals surface area contributed by atoms with Crippen molar-refractivity contribution in [1.82, 2.24) is 4.98 Å². The van der Waals surface area contributed by atoms with Crippen molar-refractivity contribution in [1.29, 1.82) is 0 Å². The molecule has 0 aliphatic heterocycles. The fraction of sp³-hybridized carbons (Fsp3) is 0.100. The molecular formula is C20H19N3O4S. The van der Waals surface area contributed by atoms with Crippen LogP contribution in [0.4, 0.5) is 11.4 Å². The smallest absolute Gasteiger partial charge is 0.264 e. The lowest BCUT2D eigenvalue weighted by Crippen LogP contribution is -2.38. The normalized spacial score (nSPS) is 10.9. The summed E-state index contributed by atoms with van der Waals surface area (Å²) >= 11 is 0. The maximum atomic E-state index is 13.2. The number of hydrogen-bond acceptors (Lipinski definition) is 5. The third-order valence-electron chi connectivity index (χ3n) is 3.92. The number of amides is 1. The summed E-state index contributed by atoms with van der Waals surface area (Å²) in [6.45, 7) is -0.382. The van der Waals surface area contributed by atoms with E-state index in [9.17, 15) is 13.2 Å². The first-order valence-corrected chi connectivity index (χ1v) is 9.86. The molecule has 2 aromatic carbocycles. The molecule has 3 aromatic rings. The average Bonchev–Trinajstić information content (AvgIpc) is 2.73. The number of rotatable bonds is 7. The number of carbonyl (C=O) groups is 1. The Morgan fingerprint density at radius 3 is 2.36 bits per heavy atom. The van der Waals surface area contributed by atoms with Crippen LogP contribution in [0.15, 0.2) is 84.0 Å². The number of nitrogens with zero attached hydrogens (tertiary/aromatic N) is 2. The van der Waals surface area contributed by atoms with Gasteiger partial charge in [0.05, 0.1) is 29.6 Å². The van der Waals surface area contributed by atoms with E-state index in [1.165, 1.54) is 25.4 Å². The number of hydrogen-bond donors (Lipinski definition) is 1. The van der Waals surface area contributed by atoms with Crippen molar-refractivity contribution in [2.75, 3.05) is 23.3 Å². The van der Waals surface area contributed by atoms with Crippen molar-refractivity contribution >= 4 is 27.3 Å². The third-order valence-corrected chi connectivity index (χ3v) is 5.71. The topological polar surface area (TPSA) is 88.6 Å². The van der Waals surface area contributed by atoms with Gasteiger partial charge in [-0.1, -0.05) is 18.2 Å². The van der Waals surface area contributed by atoms with Gasteiger partial charge in [0.1, 0.15) is 12.3 Å². The molecule has 0 unspecified atom stereocenters. The molecule has 0 aliphatic carbocycles. The molecule has 0 spiro atoms. The molecule has 0 atom stereocenters. The van der Waals surface area contributed by atoms with Gasteiger partial charge < -0.3 is 10.1 Å². The van der Waals surface area contributed by atoms with Gasteiger partial charge >= 0.3 is 0 Å². The van der Waals surface area contributed by atoms with E-state index < -0.39 is 15.9 Å². The van der Waals surface area contributed by atoms with Gasteiger partial charge in [0.15, 0.2) is 0 Å². The van der Waals surface area contributed by atoms with E-state index in [1.807, 2.05) is 0 Å². The van der Waals surface area contributed by atoms with Crippen molar-refractivity contribution in [3.8, 4) is 5.75 Å². The molecule has 0 bridgehead atoms. The van der Waals surface area contributed by atoms with Gasteiger partial charge in [-0.15, -0.1) is 0 Å². The average molecular weight is 397 g/mol. The van der Waals surface area contributed by atoms with Crippen molar-refractivity contribution in [3.05, 3.63) is 79.1 Å². The molecule has 144 valence electrons. The van der Waals surface area contributed by atoms with Gasteiger partial charge in [0.2, 0.25) is 5.91 Å². The van der Waals surface area contributed by atoms with Gasteiger partial charge in [-0.3, -0.25) is 14.1 Å². The monoisotopic (exact) mass is 397 g/mol. The first-order chi connectivity index (χ1) is 13.5. The Bertz CT molecular complexity index is 1020. The molecule has 0 radical (unpaired) electrons. The molecule has 1 heterocycles. The van der Waals surface area contributed by atoms with E-state index >= 15 is 0 Å². The minimum absolute atomic E-state index is 0.0614. The van der Waals surface area contributed by atoms with Crippen LogP contribution >= 0.6 is 0 Å². The van der Waals surface area contributed by atoms with Crippen LogP contribution in [-0.4, -0.2) is 33.0 Å². The maximum absolute atomic E-state index is 13.2. The highest BCUT2D eigenvalue weighted by atomic mass is 32.2. The third kappa shape index (κ3) is 4.47. The summed E-state index contributed by atoms with van der Waals surface area (Å²) in [6.07, 6.45) is 3.07. The van der Waals surface area contributed by atoms with Crippen molar-refractivity contribution in [2.45, 2.75) is 4.90 Å². The largest absolute Gasteiger partial charge is 0.497 e. The first-order valence-electron chi connectivity index (χ1n) is 8.42. The van der Waals surface area contributed by atoms with Crippen LogP contribution in [0.2, 0.25) is 0 Å². The number of ether oxygens (including phenoxy) is 1. The molecule has 28 heavy (non-hydrogen) atoms. The standard InChI is InChI=1S/C20H19N3O4S/c1-27-18-9-11-19(12-10-18)28(25,26)23(17-7-3-2-4-8-17)15-20(24)22-16-6-5-13-21-14-16/h2-14H,15H2,1H3,(H,22,24). The second-order valence-corrected chi connectivity index (χ2v) is 7.67. The van der Waals surface area contributed by atoms with Crippen molar-refractivity contribution in [3.63, 3.8) is 0 Å². The molecular weight excluding hydrogens is 378 g/mol. The summed E-state index contributed by atoms with van der Waals surface area (Å²) in [4.78, 5) is 16.5. The van der Waals surface area contributed by atoms with E-state index in [2.05, 4.69) is 10.3 Å². The highest BCUT2D eigenvalue weighted by Crippen LogP contribution is 2.25. The lowest BCUT2D eigenvalue weighted by molar-refractivity contribution is -0.114. The summed E-state index contributed by atoms with van der Waals surface area (Å²) in [5.74, 6) is 0.0634. The number of aromatic nitrogens is 1. The van der Waals surface area contributed by atoms with Gasteiger partial charge in [-0.05, 0) is 48.5 Å². The molecule has 3 rings (SSSR count). The number of pyridine rings is 1. The Morgan fingerprint density at radius 2 is 1.75 bits per heavy atom. The summed E-state index contributed by atoms with van der Waals surface area (Å²) in [6, 6.07) is 17.8. The molecule has 7 nitrogen and oxygen atoms in total. The molecule has 1 N–H and O–H groups in total. The molecule has 0 saturated carbocycles. The van der Waals surface area contributed by atoms with Gasteiger partial charge in [0, 0.05) is 6.20 Å². The number of methoxy groups -OCH3 is 1. The van der Waals surface area contributed by atoms with Crippen molar-refractivity contribution in [2.24, 2.45) is 0 Å². The van der Waals surface area contributed by atoms with Gasteiger partial charge in [-0.25, -0.2) is 8.42 Å².